The van der Waals surface area contributed by atoms with Crippen molar-refractivity contribution in [3.63, 3.8) is 0 Å². The van der Waals surface area contributed by atoms with E-state index in [0.29, 0.717) is 16.5 Å². The summed E-state index contributed by atoms with van der Waals surface area (Å²) in [5.74, 6) is 0.476. The number of carbonyl (C=O) groups is 1. The molecule has 6 heteroatoms. The molecular formula is C25H23ClN4O. The van der Waals surface area contributed by atoms with Crippen molar-refractivity contribution in [3.05, 3.63) is 77.7 Å². The SMILES string of the molecule is O=C(NC1CCCCC1)c1cn(-c2cnc3ccccc3c2)c(-c2ccccc2Cl)n1. The molecule has 0 bridgehead atoms. The number of pyridine rings is 1. The lowest BCUT2D eigenvalue weighted by Gasteiger charge is -2.22. The van der Waals surface area contributed by atoms with E-state index in [1.807, 2.05) is 59.2 Å². The summed E-state index contributed by atoms with van der Waals surface area (Å²) in [6.45, 7) is 0. The smallest absolute Gasteiger partial charge is 0.271 e. The molecule has 2 aromatic carbocycles. The molecule has 5 nitrogen and oxygen atoms in total. The summed E-state index contributed by atoms with van der Waals surface area (Å²) in [5, 5.41) is 4.77. The van der Waals surface area contributed by atoms with Crippen LogP contribution in [0.1, 0.15) is 42.6 Å². The maximum absolute atomic E-state index is 13.0. The molecule has 5 rings (SSSR count). The van der Waals surface area contributed by atoms with Gasteiger partial charge in [0.25, 0.3) is 5.91 Å². The van der Waals surface area contributed by atoms with Crippen molar-refractivity contribution in [2.45, 2.75) is 38.1 Å². The average molecular weight is 431 g/mol. The van der Waals surface area contributed by atoms with Crippen LogP contribution in [0.25, 0.3) is 28.0 Å². The highest BCUT2D eigenvalue weighted by molar-refractivity contribution is 6.33. The van der Waals surface area contributed by atoms with Crippen LogP contribution in [0.3, 0.4) is 0 Å². The third-order valence-electron chi connectivity index (χ3n) is 5.85. The molecule has 0 aliphatic heterocycles. The van der Waals surface area contributed by atoms with Gasteiger partial charge in [0.2, 0.25) is 0 Å². The topological polar surface area (TPSA) is 59.8 Å². The molecule has 0 radical (unpaired) electrons. The number of amides is 1. The van der Waals surface area contributed by atoms with Crippen LogP contribution in [0.4, 0.5) is 0 Å². The fourth-order valence-electron chi connectivity index (χ4n) is 4.22. The monoisotopic (exact) mass is 430 g/mol. The Morgan fingerprint density at radius 3 is 2.65 bits per heavy atom. The molecule has 2 heterocycles. The molecule has 1 fully saturated rings. The number of nitrogens with one attached hydrogen (secondary N) is 1. The van der Waals surface area contributed by atoms with Gasteiger partial charge in [-0.15, -0.1) is 0 Å². The third kappa shape index (κ3) is 4.06. The average Bonchev–Trinajstić information content (AvgIpc) is 3.25. The van der Waals surface area contributed by atoms with Crippen molar-refractivity contribution in [2.24, 2.45) is 0 Å². The molecule has 0 spiro atoms. The highest BCUT2D eigenvalue weighted by Crippen LogP contribution is 2.30. The quantitative estimate of drug-likeness (QED) is 0.444. The molecule has 31 heavy (non-hydrogen) atoms. The predicted molar refractivity (Wildman–Crippen MR) is 124 cm³/mol. The fraction of sp³-hybridized carbons (Fsp3) is 0.240. The normalized spacial score (nSPS) is 14.6. The zero-order chi connectivity index (χ0) is 21.2. The third-order valence-corrected chi connectivity index (χ3v) is 6.18. The molecule has 2 aromatic heterocycles. The fourth-order valence-corrected chi connectivity index (χ4v) is 4.44. The first-order valence-electron chi connectivity index (χ1n) is 10.7. The van der Waals surface area contributed by atoms with Crippen LogP contribution in [0.5, 0.6) is 0 Å². The predicted octanol–water partition coefficient (Wildman–Crippen LogP) is 5.80. The summed E-state index contributed by atoms with van der Waals surface area (Å²) in [6, 6.07) is 17.8. The highest BCUT2D eigenvalue weighted by atomic mass is 35.5. The van der Waals surface area contributed by atoms with Crippen molar-refractivity contribution in [1.29, 1.82) is 0 Å². The van der Waals surface area contributed by atoms with Gasteiger partial charge in [0.1, 0.15) is 11.5 Å². The van der Waals surface area contributed by atoms with Gasteiger partial charge in [-0.1, -0.05) is 61.2 Å². The van der Waals surface area contributed by atoms with E-state index in [4.69, 9.17) is 16.6 Å². The highest BCUT2D eigenvalue weighted by Gasteiger charge is 2.22. The Bertz CT molecular complexity index is 1240. The zero-order valence-electron chi connectivity index (χ0n) is 17.1. The van der Waals surface area contributed by atoms with E-state index in [-0.39, 0.29) is 11.9 Å². The second-order valence-electron chi connectivity index (χ2n) is 7.99. The van der Waals surface area contributed by atoms with E-state index in [2.05, 4.69) is 10.3 Å². The number of aromatic nitrogens is 3. The van der Waals surface area contributed by atoms with Gasteiger partial charge < -0.3 is 5.32 Å². The molecule has 1 saturated carbocycles. The Morgan fingerprint density at radius 1 is 1.03 bits per heavy atom. The van der Waals surface area contributed by atoms with Crippen molar-refractivity contribution in [2.75, 3.05) is 0 Å². The first-order valence-corrected chi connectivity index (χ1v) is 11.1. The number of benzene rings is 2. The minimum atomic E-state index is -0.146. The molecular weight excluding hydrogens is 408 g/mol. The Kier molecular flexibility index (Phi) is 5.43. The molecule has 0 saturated heterocycles. The molecule has 0 atom stereocenters. The van der Waals surface area contributed by atoms with E-state index in [1.54, 1.807) is 12.4 Å². The Balaban J connectivity index is 1.58. The van der Waals surface area contributed by atoms with E-state index in [0.717, 1.165) is 47.8 Å². The summed E-state index contributed by atoms with van der Waals surface area (Å²) < 4.78 is 1.90. The van der Waals surface area contributed by atoms with Crippen LogP contribution in [-0.4, -0.2) is 26.5 Å². The minimum absolute atomic E-state index is 0.146. The van der Waals surface area contributed by atoms with Gasteiger partial charge in [0.05, 0.1) is 22.4 Å². The summed E-state index contributed by atoms with van der Waals surface area (Å²) in [7, 11) is 0. The molecule has 1 N–H and O–H groups in total. The van der Waals surface area contributed by atoms with Crippen LogP contribution in [0.15, 0.2) is 67.0 Å². The first kappa shape index (κ1) is 19.8. The number of hydrogen-bond acceptors (Lipinski definition) is 3. The molecule has 0 unspecified atom stereocenters. The van der Waals surface area contributed by atoms with Crippen molar-refractivity contribution >= 4 is 28.4 Å². The maximum Gasteiger partial charge on any atom is 0.271 e. The number of imidazole rings is 1. The van der Waals surface area contributed by atoms with Crippen LogP contribution in [0.2, 0.25) is 5.02 Å². The number of nitrogens with zero attached hydrogens (tertiary/aromatic N) is 3. The zero-order valence-corrected chi connectivity index (χ0v) is 17.8. The molecule has 156 valence electrons. The van der Waals surface area contributed by atoms with Gasteiger partial charge in [-0.25, -0.2) is 4.98 Å². The molecule has 1 aliphatic carbocycles. The van der Waals surface area contributed by atoms with Crippen molar-refractivity contribution in [3.8, 4) is 17.1 Å². The van der Waals surface area contributed by atoms with Crippen LogP contribution in [-0.2, 0) is 0 Å². The lowest BCUT2D eigenvalue weighted by Crippen LogP contribution is -2.36. The van der Waals surface area contributed by atoms with Gasteiger partial charge in [-0.3, -0.25) is 14.3 Å². The molecule has 1 amide bonds. The second-order valence-corrected chi connectivity index (χ2v) is 8.40. The molecule has 1 aliphatic rings. The largest absolute Gasteiger partial charge is 0.348 e. The first-order chi connectivity index (χ1) is 15.2. The van der Waals surface area contributed by atoms with Crippen LogP contribution < -0.4 is 5.32 Å². The van der Waals surface area contributed by atoms with E-state index < -0.39 is 0 Å². The Morgan fingerprint density at radius 2 is 1.81 bits per heavy atom. The summed E-state index contributed by atoms with van der Waals surface area (Å²) >= 11 is 6.49. The number of rotatable bonds is 4. The number of halogens is 1. The van der Waals surface area contributed by atoms with Crippen molar-refractivity contribution in [1.82, 2.24) is 19.9 Å². The Labute approximate surface area is 186 Å². The van der Waals surface area contributed by atoms with Gasteiger partial charge in [0.15, 0.2) is 0 Å². The van der Waals surface area contributed by atoms with E-state index in [1.165, 1.54) is 6.42 Å². The summed E-state index contributed by atoms with van der Waals surface area (Å²) in [6.07, 6.45) is 9.19. The lowest BCUT2D eigenvalue weighted by molar-refractivity contribution is 0.0923. The van der Waals surface area contributed by atoms with E-state index in [9.17, 15) is 4.79 Å². The molecule has 4 aromatic rings. The number of hydrogen-bond donors (Lipinski definition) is 1. The van der Waals surface area contributed by atoms with Crippen molar-refractivity contribution < 1.29 is 4.79 Å². The Hall–Kier alpha value is -3.18. The standard InChI is InChI=1S/C25H23ClN4O/c26-21-12-6-5-11-20(21)24-29-23(25(31)28-18-9-2-1-3-10-18)16-30(24)19-14-17-8-4-7-13-22(17)27-15-19/h4-8,11-16,18H,1-3,9-10H2,(H,28,31). The van der Waals surface area contributed by atoms with E-state index >= 15 is 0 Å². The number of carbonyl (C=O) groups excluding carboxylic acids is 1. The number of para-hydroxylation sites is 1. The van der Waals surface area contributed by atoms with Gasteiger partial charge >= 0.3 is 0 Å². The van der Waals surface area contributed by atoms with Gasteiger partial charge in [-0.2, -0.15) is 0 Å². The van der Waals surface area contributed by atoms with Gasteiger partial charge in [0, 0.05) is 23.2 Å². The maximum atomic E-state index is 13.0. The lowest BCUT2D eigenvalue weighted by atomic mass is 9.95. The minimum Gasteiger partial charge on any atom is -0.348 e. The second kappa shape index (κ2) is 8.52. The number of fused-ring (bicyclic) bond motifs is 1. The summed E-state index contributed by atoms with van der Waals surface area (Å²) in [4.78, 5) is 22.3. The van der Waals surface area contributed by atoms with Gasteiger partial charge in [-0.05, 0) is 37.1 Å². The van der Waals surface area contributed by atoms with Crippen LogP contribution in [0, 0.1) is 0 Å². The van der Waals surface area contributed by atoms with Crippen LogP contribution >= 0.6 is 11.6 Å². The summed E-state index contributed by atoms with van der Waals surface area (Å²) in [5.41, 5.74) is 2.90.